The van der Waals surface area contributed by atoms with Crippen molar-refractivity contribution in [3.05, 3.63) is 90.6 Å². The maximum atomic E-state index is 2.61. The molecule has 1 heteroatoms. The molecule has 1 aliphatic rings. The van der Waals surface area contributed by atoms with Crippen molar-refractivity contribution in [2.75, 3.05) is 0 Å². The van der Waals surface area contributed by atoms with E-state index in [9.17, 15) is 0 Å². The van der Waals surface area contributed by atoms with E-state index in [0.717, 1.165) is 12.8 Å². The van der Waals surface area contributed by atoms with Gasteiger partial charge in [-0.2, -0.15) is 4.57 Å². The second-order valence-electron chi connectivity index (χ2n) is 9.81. The molecule has 0 amide bonds. The average molecular weight is 417 g/mol. The van der Waals surface area contributed by atoms with Gasteiger partial charge in [0.2, 0.25) is 5.69 Å². The Hall–Kier alpha value is -3.19. The molecule has 0 bridgehead atoms. The van der Waals surface area contributed by atoms with Crippen LogP contribution < -0.4 is 4.57 Å². The lowest BCUT2D eigenvalue weighted by atomic mass is 9.60. The van der Waals surface area contributed by atoms with Gasteiger partial charge in [-0.05, 0) is 46.5 Å². The molecule has 0 aliphatic carbocycles. The number of fused-ring (bicyclic) bond motifs is 9. The van der Waals surface area contributed by atoms with E-state index in [1.165, 1.54) is 49.1 Å². The Morgan fingerprint density at radius 3 is 1.75 bits per heavy atom. The lowest BCUT2D eigenvalue weighted by molar-refractivity contribution is -0.764. The van der Waals surface area contributed by atoms with E-state index < -0.39 is 0 Å². The van der Waals surface area contributed by atoms with Crippen molar-refractivity contribution in [2.24, 2.45) is 0 Å². The monoisotopic (exact) mass is 416 g/mol. The summed E-state index contributed by atoms with van der Waals surface area (Å²) in [5.41, 5.74) is 4.25. The Balaban J connectivity index is 1.86. The summed E-state index contributed by atoms with van der Waals surface area (Å²) in [5, 5.41) is 8.04. The highest BCUT2D eigenvalue weighted by Crippen LogP contribution is 2.50. The minimum Gasteiger partial charge on any atom is -0.192 e. The van der Waals surface area contributed by atoms with Gasteiger partial charge in [0, 0.05) is 24.8 Å². The first kappa shape index (κ1) is 19.5. The van der Waals surface area contributed by atoms with Gasteiger partial charge in [-0.15, -0.1) is 0 Å². The van der Waals surface area contributed by atoms with Crippen molar-refractivity contribution < 1.29 is 4.57 Å². The molecule has 2 unspecified atom stereocenters. The molecule has 5 aromatic rings. The zero-order valence-electron chi connectivity index (χ0n) is 19.4. The molecule has 0 radical (unpaired) electrons. The van der Waals surface area contributed by atoms with Crippen LogP contribution in [-0.2, 0) is 11.0 Å². The number of hydrogen-bond donors (Lipinski definition) is 0. The lowest BCUT2D eigenvalue weighted by Gasteiger charge is -2.46. The number of pyridine rings is 1. The molecule has 0 saturated carbocycles. The van der Waals surface area contributed by atoms with Crippen LogP contribution in [0.1, 0.15) is 46.1 Å². The minimum absolute atomic E-state index is 0.00756. The zero-order valence-corrected chi connectivity index (χ0v) is 19.4. The molecular weight excluding hydrogens is 386 g/mol. The van der Waals surface area contributed by atoms with Crippen LogP contribution in [0, 0.1) is 0 Å². The second kappa shape index (κ2) is 6.65. The van der Waals surface area contributed by atoms with Gasteiger partial charge in [0.25, 0.3) is 0 Å². The highest BCUT2D eigenvalue weighted by atomic mass is 15.1. The zero-order chi connectivity index (χ0) is 22.1. The first-order chi connectivity index (χ1) is 15.5. The summed E-state index contributed by atoms with van der Waals surface area (Å²) < 4.78 is 2.61. The maximum absolute atomic E-state index is 2.61. The van der Waals surface area contributed by atoms with Crippen LogP contribution in [0.4, 0.5) is 0 Å². The smallest absolute Gasteiger partial charge is 0.192 e. The van der Waals surface area contributed by atoms with Crippen LogP contribution in [0.5, 0.6) is 0 Å². The SMILES string of the molecule is CCC1(C)c2ccccc2-c2cc3c4ccccc4c4ccccc4c3c[n+]2C1(C)CC. The van der Waals surface area contributed by atoms with E-state index >= 15 is 0 Å². The highest BCUT2D eigenvalue weighted by Gasteiger charge is 2.56. The van der Waals surface area contributed by atoms with E-state index in [2.05, 4.69) is 117 Å². The van der Waals surface area contributed by atoms with Crippen molar-refractivity contribution in [1.82, 2.24) is 0 Å². The molecule has 0 N–H and O–H groups in total. The summed E-state index contributed by atoms with van der Waals surface area (Å²) in [6.45, 7) is 9.63. The molecule has 6 rings (SSSR count). The molecule has 1 aromatic heterocycles. The van der Waals surface area contributed by atoms with Gasteiger partial charge in [0.15, 0.2) is 11.7 Å². The van der Waals surface area contributed by atoms with Crippen molar-refractivity contribution in [3.63, 3.8) is 0 Å². The topological polar surface area (TPSA) is 3.88 Å². The largest absolute Gasteiger partial charge is 0.213 e. The van der Waals surface area contributed by atoms with Crippen LogP contribution in [0.2, 0.25) is 0 Å². The van der Waals surface area contributed by atoms with E-state index in [0.29, 0.717) is 0 Å². The summed E-state index contributed by atoms with van der Waals surface area (Å²) in [7, 11) is 0. The van der Waals surface area contributed by atoms with Crippen molar-refractivity contribution >= 4 is 32.3 Å². The number of aromatic nitrogens is 1. The first-order valence-corrected chi connectivity index (χ1v) is 11.9. The summed E-state index contributed by atoms with van der Waals surface area (Å²) in [4.78, 5) is 0. The maximum Gasteiger partial charge on any atom is 0.213 e. The Labute approximate surface area is 190 Å². The second-order valence-corrected chi connectivity index (χ2v) is 9.81. The Kier molecular flexibility index (Phi) is 4.05. The Bertz CT molecular complexity index is 1530. The van der Waals surface area contributed by atoms with Gasteiger partial charge in [-0.1, -0.05) is 80.6 Å². The Morgan fingerprint density at radius 1 is 0.625 bits per heavy atom. The molecule has 1 aliphatic heterocycles. The fourth-order valence-electron chi connectivity index (χ4n) is 6.39. The highest BCUT2D eigenvalue weighted by molar-refractivity contribution is 6.25. The van der Waals surface area contributed by atoms with E-state index in [1.807, 2.05) is 0 Å². The molecule has 4 aromatic carbocycles. The van der Waals surface area contributed by atoms with Gasteiger partial charge in [-0.3, -0.25) is 0 Å². The molecule has 2 heterocycles. The third-order valence-corrected chi connectivity index (χ3v) is 8.73. The van der Waals surface area contributed by atoms with Crippen molar-refractivity contribution in [1.29, 1.82) is 0 Å². The molecule has 158 valence electrons. The van der Waals surface area contributed by atoms with Gasteiger partial charge in [0.05, 0.1) is 16.4 Å². The number of benzene rings is 4. The predicted octanol–water partition coefficient (Wildman–Crippen LogP) is 7.91. The summed E-state index contributed by atoms with van der Waals surface area (Å²) in [5.74, 6) is 0. The molecule has 2 atom stereocenters. The van der Waals surface area contributed by atoms with Crippen LogP contribution in [0.25, 0.3) is 43.6 Å². The molecule has 1 nitrogen and oxygen atoms in total. The average Bonchev–Trinajstić information content (AvgIpc) is 2.86. The van der Waals surface area contributed by atoms with Gasteiger partial charge in [0.1, 0.15) is 0 Å². The summed E-state index contributed by atoms with van der Waals surface area (Å²) >= 11 is 0. The third kappa shape index (κ3) is 2.26. The van der Waals surface area contributed by atoms with Crippen LogP contribution in [0.3, 0.4) is 0 Å². The molecular formula is C31H30N+. The van der Waals surface area contributed by atoms with Crippen molar-refractivity contribution in [2.45, 2.75) is 51.5 Å². The molecule has 0 fully saturated rings. The Morgan fingerprint density at radius 2 is 1.16 bits per heavy atom. The standard InChI is InChI=1S/C31H30N/c1-5-30(3)28-18-12-11-17-25(28)29-19-26-23-15-9-7-13-21(23)22-14-8-10-16-24(22)27(26)20-32(29)31(30,4)6-2/h7-20H,5-6H2,1-4H3/q+1. The fraction of sp³-hybridized carbons (Fsp3) is 0.258. The minimum atomic E-state index is -0.00756. The molecule has 0 spiro atoms. The lowest BCUT2D eigenvalue weighted by Crippen LogP contribution is -2.67. The van der Waals surface area contributed by atoms with Crippen LogP contribution in [0.15, 0.2) is 85.1 Å². The van der Waals surface area contributed by atoms with Gasteiger partial charge < -0.3 is 0 Å². The normalized spacial score (nSPS) is 22.2. The van der Waals surface area contributed by atoms with E-state index in [1.54, 1.807) is 0 Å². The fourth-order valence-corrected chi connectivity index (χ4v) is 6.39. The van der Waals surface area contributed by atoms with Crippen molar-refractivity contribution in [3.8, 4) is 11.3 Å². The van der Waals surface area contributed by atoms with E-state index in [4.69, 9.17) is 0 Å². The van der Waals surface area contributed by atoms with Crippen LogP contribution >= 0.6 is 0 Å². The van der Waals surface area contributed by atoms with Gasteiger partial charge >= 0.3 is 0 Å². The number of hydrogen-bond acceptors (Lipinski definition) is 0. The van der Waals surface area contributed by atoms with Gasteiger partial charge in [-0.25, -0.2) is 0 Å². The molecule has 32 heavy (non-hydrogen) atoms. The summed E-state index contributed by atoms with van der Waals surface area (Å²) in [6.07, 6.45) is 4.66. The summed E-state index contributed by atoms with van der Waals surface area (Å²) in [6, 6.07) is 29.3. The molecule has 0 saturated heterocycles. The quantitative estimate of drug-likeness (QED) is 0.203. The van der Waals surface area contributed by atoms with Crippen LogP contribution in [-0.4, -0.2) is 0 Å². The van der Waals surface area contributed by atoms with E-state index in [-0.39, 0.29) is 11.0 Å². The predicted molar refractivity (Wildman–Crippen MR) is 136 cm³/mol. The first-order valence-electron chi connectivity index (χ1n) is 11.9. The third-order valence-electron chi connectivity index (χ3n) is 8.73. The number of rotatable bonds is 2. The number of nitrogens with zero attached hydrogens (tertiary/aromatic N) is 1.